The number of aliphatic hydroxyl groups excluding tert-OH is 1. The number of rotatable bonds is 7. The zero-order valence-corrected chi connectivity index (χ0v) is 36.9. The molecule has 1 aromatic rings. The number of amides is 5. The molecule has 0 fully saturated rings. The average molecular weight is 826 g/mol. The van der Waals surface area contributed by atoms with Crippen molar-refractivity contribution >= 4 is 41.5 Å². The van der Waals surface area contributed by atoms with Gasteiger partial charge in [0.15, 0.2) is 6.10 Å². The van der Waals surface area contributed by atoms with Gasteiger partial charge in [0.05, 0.1) is 12.6 Å². The first-order valence-electron chi connectivity index (χ1n) is 20.5. The van der Waals surface area contributed by atoms with Crippen LogP contribution >= 0.6 is 0 Å². The summed E-state index contributed by atoms with van der Waals surface area (Å²) in [5.74, 6) is -6.20. The second-order valence-electron chi connectivity index (χ2n) is 15.9. The third-order valence-corrected chi connectivity index (χ3v) is 11.3. The lowest BCUT2D eigenvalue weighted by atomic mass is 9.90. The third kappa shape index (κ3) is 14.3. The standard InChI is InChI=1S/C44H67N5O10/c1-13-25(4)36-39(52)46-31(10)44(57)58-37(26(5)14-2)29(8)34(50)22-21-28(7)43(56)59-38(27(6)15-3)40(53)45-30(9)41(54)49(12)33(23-32-19-17-16-18-20-32)42(55)48(11)24-35(51)47-36/h14,16-21,25,27,29-31,33-34,36-38,50H,13,15,22-24H2,1-12H3,(H,45,53)(H,46,52)(H,47,51). The van der Waals surface area contributed by atoms with E-state index >= 15 is 0 Å². The fraction of sp³-hybridized carbons (Fsp3) is 0.614. The first-order chi connectivity index (χ1) is 27.7. The van der Waals surface area contributed by atoms with E-state index in [0.29, 0.717) is 18.4 Å². The number of esters is 2. The third-order valence-electron chi connectivity index (χ3n) is 11.3. The monoisotopic (exact) mass is 825 g/mol. The summed E-state index contributed by atoms with van der Waals surface area (Å²) >= 11 is 0. The van der Waals surface area contributed by atoms with Crippen LogP contribution in [0.25, 0.3) is 0 Å². The van der Waals surface area contributed by atoms with Crippen LogP contribution in [0.5, 0.6) is 0 Å². The number of hydrogen-bond donors (Lipinski definition) is 4. The number of aliphatic hydroxyl groups is 1. The second kappa shape index (κ2) is 23.5. The van der Waals surface area contributed by atoms with E-state index < -0.39 is 102 Å². The van der Waals surface area contributed by atoms with Gasteiger partial charge in [0.2, 0.25) is 23.6 Å². The summed E-state index contributed by atoms with van der Waals surface area (Å²) in [5.41, 5.74) is 1.51. The van der Waals surface area contributed by atoms with Crippen LogP contribution < -0.4 is 16.0 Å². The molecule has 0 saturated carbocycles. The summed E-state index contributed by atoms with van der Waals surface area (Å²) in [6, 6.07) is 4.53. The lowest BCUT2D eigenvalue weighted by Gasteiger charge is -2.33. The minimum absolute atomic E-state index is 0.0220. The molecule has 15 nitrogen and oxygen atoms in total. The predicted octanol–water partition coefficient (Wildman–Crippen LogP) is 3.24. The molecule has 1 heterocycles. The lowest BCUT2D eigenvalue weighted by Crippen LogP contribution is -2.58. The maximum Gasteiger partial charge on any atom is 0.334 e. The smallest absolute Gasteiger partial charge is 0.334 e. The number of benzene rings is 1. The molecule has 0 aliphatic carbocycles. The Labute approximate surface area is 349 Å². The molecule has 1 aliphatic heterocycles. The van der Waals surface area contributed by atoms with Crippen molar-refractivity contribution in [3.63, 3.8) is 0 Å². The van der Waals surface area contributed by atoms with Gasteiger partial charge in [-0.2, -0.15) is 0 Å². The van der Waals surface area contributed by atoms with Crippen LogP contribution in [0.3, 0.4) is 0 Å². The van der Waals surface area contributed by atoms with Crippen LogP contribution in [-0.2, 0) is 49.5 Å². The molecule has 1 aliphatic rings. The topological polar surface area (TPSA) is 201 Å². The fourth-order valence-electron chi connectivity index (χ4n) is 6.53. The number of hydrogen-bond acceptors (Lipinski definition) is 10. The molecular weight excluding hydrogens is 759 g/mol. The highest BCUT2D eigenvalue weighted by atomic mass is 16.6. The number of ether oxygens (including phenoxy) is 2. The highest BCUT2D eigenvalue weighted by molar-refractivity contribution is 5.96. The Kier molecular flexibility index (Phi) is 20.0. The van der Waals surface area contributed by atoms with Gasteiger partial charge >= 0.3 is 11.9 Å². The molecule has 10 unspecified atom stereocenters. The SMILES string of the molecule is CC=C(C)C1OC(=O)C(C)NC(=O)C(C(C)CC)NC(=O)CN(C)C(=O)C(Cc2ccccc2)N(C)C(=O)C(C)NC(=O)C(C(C)CC)OC(=O)C(C)=CCC(O)C1C. The van der Waals surface area contributed by atoms with Gasteiger partial charge in [-0.15, -0.1) is 0 Å². The average Bonchev–Trinajstić information content (AvgIpc) is 3.22. The summed E-state index contributed by atoms with van der Waals surface area (Å²) in [5, 5.41) is 19.3. The summed E-state index contributed by atoms with van der Waals surface area (Å²) in [4.78, 5) is 98.1. The molecule has 328 valence electrons. The Bertz CT molecular complexity index is 1700. The van der Waals surface area contributed by atoms with Crippen molar-refractivity contribution in [2.24, 2.45) is 17.8 Å². The van der Waals surface area contributed by atoms with Crippen LogP contribution in [0.15, 0.2) is 53.6 Å². The molecular formula is C44H67N5O10. The number of likely N-dealkylation sites (N-methyl/N-ethyl adjacent to an activating group) is 2. The summed E-state index contributed by atoms with van der Waals surface area (Å²) in [6.07, 6.45) is 0.991. The number of carbonyl (C=O) groups is 7. The van der Waals surface area contributed by atoms with E-state index in [1.807, 2.05) is 19.9 Å². The molecule has 4 N–H and O–H groups in total. The first kappa shape index (κ1) is 50.1. The van der Waals surface area contributed by atoms with Crippen molar-refractivity contribution in [1.82, 2.24) is 25.8 Å². The van der Waals surface area contributed by atoms with Crippen molar-refractivity contribution in [2.75, 3.05) is 20.6 Å². The summed E-state index contributed by atoms with van der Waals surface area (Å²) in [6.45, 7) is 16.3. The highest BCUT2D eigenvalue weighted by Crippen LogP contribution is 2.24. The Balaban J connectivity index is 2.63. The van der Waals surface area contributed by atoms with Gasteiger partial charge in [-0.05, 0) is 64.5 Å². The summed E-state index contributed by atoms with van der Waals surface area (Å²) in [7, 11) is 2.85. The molecule has 0 spiro atoms. The van der Waals surface area contributed by atoms with Gasteiger partial charge in [-0.25, -0.2) is 9.59 Å². The van der Waals surface area contributed by atoms with Crippen molar-refractivity contribution in [3.8, 4) is 0 Å². The van der Waals surface area contributed by atoms with Crippen LogP contribution in [0.2, 0.25) is 0 Å². The van der Waals surface area contributed by atoms with Gasteiger partial charge in [-0.3, -0.25) is 24.0 Å². The molecule has 2 rings (SSSR count). The fourth-order valence-corrected chi connectivity index (χ4v) is 6.53. The molecule has 0 radical (unpaired) electrons. The molecule has 1 aromatic carbocycles. The van der Waals surface area contributed by atoms with Gasteiger partial charge < -0.3 is 40.3 Å². The van der Waals surface area contributed by atoms with Crippen LogP contribution in [0, 0.1) is 17.8 Å². The number of nitrogens with one attached hydrogen (secondary N) is 3. The van der Waals surface area contributed by atoms with Gasteiger partial charge in [-0.1, -0.05) is 83.5 Å². The van der Waals surface area contributed by atoms with Crippen molar-refractivity contribution in [3.05, 3.63) is 59.2 Å². The van der Waals surface area contributed by atoms with Gasteiger partial charge in [0.1, 0.15) is 30.3 Å². The molecule has 59 heavy (non-hydrogen) atoms. The van der Waals surface area contributed by atoms with E-state index in [2.05, 4.69) is 16.0 Å². The molecule has 0 aromatic heterocycles. The van der Waals surface area contributed by atoms with Gasteiger partial charge in [0.25, 0.3) is 5.91 Å². The van der Waals surface area contributed by atoms with Crippen molar-refractivity contribution in [2.45, 2.75) is 137 Å². The molecule has 5 amide bonds. The minimum atomic E-state index is -1.27. The Morgan fingerprint density at radius 1 is 0.864 bits per heavy atom. The quantitative estimate of drug-likeness (QED) is 0.234. The second-order valence-corrected chi connectivity index (χ2v) is 15.9. The van der Waals surface area contributed by atoms with Crippen LogP contribution in [-0.4, -0.2) is 120 Å². The summed E-state index contributed by atoms with van der Waals surface area (Å²) < 4.78 is 11.6. The van der Waals surface area contributed by atoms with Crippen LogP contribution in [0.4, 0.5) is 0 Å². The van der Waals surface area contributed by atoms with Crippen molar-refractivity contribution < 1.29 is 48.1 Å². The number of carbonyl (C=O) groups excluding carboxylic acids is 7. The zero-order valence-electron chi connectivity index (χ0n) is 36.9. The lowest BCUT2D eigenvalue weighted by molar-refractivity contribution is -0.156. The first-order valence-corrected chi connectivity index (χ1v) is 20.5. The van der Waals surface area contributed by atoms with E-state index in [1.54, 1.807) is 65.0 Å². The zero-order chi connectivity index (χ0) is 44.7. The normalized spacial score (nSPS) is 28.4. The number of cyclic esters (lactones) is 2. The highest BCUT2D eigenvalue weighted by Gasteiger charge is 2.37. The van der Waals surface area contributed by atoms with E-state index in [-0.39, 0.29) is 24.3 Å². The number of allylic oxidation sites excluding steroid dienone is 1. The van der Waals surface area contributed by atoms with E-state index in [0.717, 1.165) is 5.56 Å². The largest absolute Gasteiger partial charge is 0.456 e. The Morgan fingerprint density at radius 3 is 2.03 bits per heavy atom. The molecule has 10 atom stereocenters. The number of nitrogens with zero attached hydrogens (tertiary/aromatic N) is 2. The van der Waals surface area contributed by atoms with Crippen molar-refractivity contribution in [1.29, 1.82) is 0 Å². The maximum atomic E-state index is 14.1. The molecule has 0 saturated heterocycles. The van der Waals surface area contributed by atoms with E-state index in [1.165, 1.54) is 50.7 Å². The van der Waals surface area contributed by atoms with E-state index in [4.69, 9.17) is 9.47 Å². The predicted molar refractivity (Wildman–Crippen MR) is 223 cm³/mol. The minimum Gasteiger partial charge on any atom is -0.456 e. The van der Waals surface area contributed by atoms with Crippen LogP contribution in [0.1, 0.15) is 94.1 Å². The molecule has 0 bridgehead atoms. The maximum absolute atomic E-state index is 14.1. The van der Waals surface area contributed by atoms with E-state index in [9.17, 15) is 38.7 Å². The Hall–Kier alpha value is -5.05. The molecule has 15 heteroatoms. The van der Waals surface area contributed by atoms with Gasteiger partial charge in [0, 0.05) is 37.9 Å². The Morgan fingerprint density at radius 2 is 1.46 bits per heavy atom.